The minimum Gasteiger partial charge on any atom is -0.491 e. The molecule has 0 radical (unpaired) electrons. The molecule has 1 aliphatic rings. The molecule has 2 rings (SSSR count). The van der Waals surface area contributed by atoms with Crippen LogP contribution < -0.4 is 10.5 Å². The number of benzene rings is 1. The van der Waals surface area contributed by atoms with Crippen LogP contribution in [0.15, 0.2) is 22.7 Å². The average Bonchev–Trinajstić information content (AvgIpc) is 2.77. The summed E-state index contributed by atoms with van der Waals surface area (Å²) in [5.41, 5.74) is 6.50. The van der Waals surface area contributed by atoms with E-state index in [9.17, 15) is 0 Å². The van der Waals surface area contributed by atoms with Crippen molar-refractivity contribution in [3.8, 4) is 5.75 Å². The zero-order valence-electron chi connectivity index (χ0n) is 9.29. The first-order valence-corrected chi connectivity index (χ1v) is 6.46. The molecule has 3 nitrogen and oxygen atoms in total. The molecule has 2 N–H and O–H groups in total. The van der Waals surface area contributed by atoms with Gasteiger partial charge in [0.25, 0.3) is 0 Å². The van der Waals surface area contributed by atoms with Crippen LogP contribution in [0.2, 0.25) is 0 Å². The first kappa shape index (κ1) is 11.7. The average molecular weight is 285 g/mol. The van der Waals surface area contributed by atoms with Crippen LogP contribution in [0.5, 0.6) is 5.75 Å². The van der Waals surface area contributed by atoms with Crippen LogP contribution in [0.25, 0.3) is 0 Å². The van der Waals surface area contributed by atoms with E-state index in [1.54, 1.807) is 0 Å². The molecule has 1 fully saturated rings. The standard InChI is InChI=1S/C12H17BrN2O/c13-12-10(14)4-3-5-11(12)16-9-8-15-6-1-2-7-15/h3-5H,1-2,6-9,14H2. The van der Waals surface area contributed by atoms with Gasteiger partial charge in [-0.3, -0.25) is 4.90 Å². The number of anilines is 1. The predicted molar refractivity (Wildman–Crippen MR) is 69.7 cm³/mol. The van der Waals surface area contributed by atoms with Gasteiger partial charge in [0.05, 0.1) is 4.47 Å². The number of nitrogen functional groups attached to an aromatic ring is 1. The molecule has 1 saturated heterocycles. The van der Waals surface area contributed by atoms with E-state index in [0.29, 0.717) is 0 Å². The monoisotopic (exact) mass is 284 g/mol. The molecule has 1 aromatic carbocycles. The number of ether oxygens (including phenoxy) is 1. The maximum Gasteiger partial charge on any atom is 0.135 e. The van der Waals surface area contributed by atoms with Crippen molar-refractivity contribution < 1.29 is 4.74 Å². The highest BCUT2D eigenvalue weighted by molar-refractivity contribution is 9.10. The van der Waals surface area contributed by atoms with Gasteiger partial charge in [0.1, 0.15) is 12.4 Å². The van der Waals surface area contributed by atoms with E-state index >= 15 is 0 Å². The van der Waals surface area contributed by atoms with Gasteiger partial charge in [0.15, 0.2) is 0 Å². The lowest BCUT2D eigenvalue weighted by Gasteiger charge is -2.15. The van der Waals surface area contributed by atoms with E-state index in [0.717, 1.165) is 29.1 Å². The van der Waals surface area contributed by atoms with Gasteiger partial charge < -0.3 is 10.5 Å². The van der Waals surface area contributed by atoms with Crippen LogP contribution in [0.1, 0.15) is 12.8 Å². The van der Waals surface area contributed by atoms with Gasteiger partial charge >= 0.3 is 0 Å². The summed E-state index contributed by atoms with van der Waals surface area (Å²) in [6, 6.07) is 5.70. The van der Waals surface area contributed by atoms with E-state index in [1.807, 2.05) is 18.2 Å². The van der Waals surface area contributed by atoms with E-state index < -0.39 is 0 Å². The minimum atomic E-state index is 0.721. The third-order valence-electron chi connectivity index (χ3n) is 2.86. The van der Waals surface area contributed by atoms with Gasteiger partial charge in [-0.2, -0.15) is 0 Å². The number of hydrogen-bond acceptors (Lipinski definition) is 3. The second-order valence-electron chi connectivity index (χ2n) is 4.06. The van der Waals surface area contributed by atoms with Crippen LogP contribution in [-0.4, -0.2) is 31.1 Å². The van der Waals surface area contributed by atoms with E-state index in [4.69, 9.17) is 10.5 Å². The van der Waals surface area contributed by atoms with Crippen LogP contribution in [0.4, 0.5) is 5.69 Å². The second-order valence-corrected chi connectivity index (χ2v) is 4.85. The summed E-state index contributed by atoms with van der Waals surface area (Å²) >= 11 is 3.43. The predicted octanol–water partition coefficient (Wildman–Crippen LogP) is 2.51. The van der Waals surface area contributed by atoms with Crippen molar-refractivity contribution in [3.63, 3.8) is 0 Å². The first-order chi connectivity index (χ1) is 7.77. The Labute approximate surface area is 105 Å². The molecule has 0 spiro atoms. The molecule has 0 atom stereocenters. The summed E-state index contributed by atoms with van der Waals surface area (Å²) < 4.78 is 6.57. The number of nitrogens with two attached hydrogens (primary N) is 1. The van der Waals surface area contributed by atoms with Crippen molar-refractivity contribution in [2.24, 2.45) is 0 Å². The number of halogens is 1. The van der Waals surface area contributed by atoms with Gasteiger partial charge in [-0.1, -0.05) is 6.07 Å². The largest absolute Gasteiger partial charge is 0.491 e. The highest BCUT2D eigenvalue weighted by Gasteiger charge is 2.11. The summed E-state index contributed by atoms with van der Waals surface area (Å²) in [6.45, 7) is 4.15. The molecular formula is C12H17BrN2O. The molecule has 88 valence electrons. The quantitative estimate of drug-likeness (QED) is 0.864. The lowest BCUT2D eigenvalue weighted by atomic mass is 10.3. The van der Waals surface area contributed by atoms with Crippen LogP contribution >= 0.6 is 15.9 Å². The van der Waals surface area contributed by atoms with Gasteiger partial charge in [0, 0.05) is 12.2 Å². The summed E-state index contributed by atoms with van der Waals surface area (Å²) in [6.07, 6.45) is 2.64. The van der Waals surface area contributed by atoms with E-state index in [2.05, 4.69) is 20.8 Å². The Hall–Kier alpha value is -0.740. The third kappa shape index (κ3) is 2.89. The summed E-state index contributed by atoms with van der Waals surface area (Å²) in [4.78, 5) is 2.43. The van der Waals surface area contributed by atoms with E-state index in [1.165, 1.54) is 25.9 Å². The fourth-order valence-electron chi connectivity index (χ4n) is 1.93. The normalized spacial score (nSPS) is 16.6. The van der Waals surface area contributed by atoms with Gasteiger partial charge in [-0.25, -0.2) is 0 Å². The number of likely N-dealkylation sites (tertiary alicyclic amines) is 1. The molecule has 4 heteroatoms. The SMILES string of the molecule is Nc1cccc(OCCN2CCCC2)c1Br. The summed E-state index contributed by atoms with van der Waals surface area (Å²) in [7, 11) is 0. The number of rotatable bonds is 4. The van der Waals surface area contributed by atoms with Crippen molar-refractivity contribution in [1.82, 2.24) is 4.90 Å². The van der Waals surface area contributed by atoms with Gasteiger partial charge in [-0.05, 0) is 54.0 Å². The highest BCUT2D eigenvalue weighted by Crippen LogP contribution is 2.30. The molecule has 0 unspecified atom stereocenters. The molecule has 1 heterocycles. The topological polar surface area (TPSA) is 38.5 Å². The minimum absolute atomic E-state index is 0.721. The molecule has 0 aromatic heterocycles. The molecule has 16 heavy (non-hydrogen) atoms. The van der Waals surface area contributed by atoms with Crippen molar-refractivity contribution in [1.29, 1.82) is 0 Å². The van der Waals surface area contributed by atoms with Crippen molar-refractivity contribution in [2.45, 2.75) is 12.8 Å². The maximum atomic E-state index is 5.78. The Balaban J connectivity index is 1.82. The Morgan fingerprint density at radius 2 is 2.06 bits per heavy atom. The smallest absolute Gasteiger partial charge is 0.135 e. The fourth-order valence-corrected chi connectivity index (χ4v) is 2.31. The summed E-state index contributed by atoms with van der Waals surface area (Å²) in [5, 5.41) is 0. The van der Waals surface area contributed by atoms with Crippen LogP contribution in [0.3, 0.4) is 0 Å². The Kier molecular flexibility index (Phi) is 4.07. The Morgan fingerprint density at radius 1 is 1.31 bits per heavy atom. The van der Waals surface area contributed by atoms with Crippen LogP contribution in [0, 0.1) is 0 Å². The number of nitrogens with zero attached hydrogens (tertiary/aromatic N) is 1. The Morgan fingerprint density at radius 3 is 2.81 bits per heavy atom. The lowest BCUT2D eigenvalue weighted by Crippen LogP contribution is -2.25. The summed E-state index contributed by atoms with van der Waals surface area (Å²) in [5.74, 6) is 0.833. The lowest BCUT2D eigenvalue weighted by molar-refractivity contribution is 0.237. The molecular weight excluding hydrogens is 268 g/mol. The van der Waals surface area contributed by atoms with Crippen LogP contribution in [-0.2, 0) is 0 Å². The van der Waals surface area contributed by atoms with Gasteiger partial charge in [0.2, 0.25) is 0 Å². The fraction of sp³-hybridized carbons (Fsp3) is 0.500. The molecule has 0 saturated carbocycles. The van der Waals surface area contributed by atoms with Crippen molar-refractivity contribution in [3.05, 3.63) is 22.7 Å². The van der Waals surface area contributed by atoms with E-state index in [-0.39, 0.29) is 0 Å². The first-order valence-electron chi connectivity index (χ1n) is 5.66. The second kappa shape index (κ2) is 5.55. The molecule has 0 bridgehead atoms. The van der Waals surface area contributed by atoms with Crippen molar-refractivity contribution >= 4 is 21.6 Å². The zero-order chi connectivity index (χ0) is 11.4. The highest BCUT2D eigenvalue weighted by atomic mass is 79.9. The third-order valence-corrected chi connectivity index (χ3v) is 3.71. The molecule has 0 aliphatic carbocycles. The van der Waals surface area contributed by atoms with Gasteiger partial charge in [-0.15, -0.1) is 0 Å². The molecule has 1 aromatic rings. The molecule has 1 aliphatic heterocycles. The Bertz CT molecular complexity index is 351. The van der Waals surface area contributed by atoms with Crippen molar-refractivity contribution in [2.75, 3.05) is 32.0 Å². The maximum absolute atomic E-state index is 5.78. The molecule has 0 amide bonds. The zero-order valence-corrected chi connectivity index (χ0v) is 10.9. The number of hydrogen-bond donors (Lipinski definition) is 1.